The molecule has 0 aromatic carbocycles. The molecule has 1 aliphatic carbocycles. The van der Waals surface area contributed by atoms with Gasteiger partial charge < -0.3 is 0 Å². The largest absolute Gasteiger partial charge is 0.300 e. The second kappa shape index (κ2) is 3.50. The quantitative estimate of drug-likeness (QED) is 0.694. The van der Waals surface area contributed by atoms with E-state index in [-0.39, 0.29) is 6.04 Å². The van der Waals surface area contributed by atoms with Gasteiger partial charge in [0.05, 0.1) is 17.3 Å². The average Bonchev–Trinajstić information content (AvgIpc) is 2.52. The van der Waals surface area contributed by atoms with Crippen LogP contribution in [0.1, 0.15) is 31.7 Å². The molecule has 0 aliphatic heterocycles. The van der Waals surface area contributed by atoms with E-state index >= 15 is 0 Å². The highest BCUT2D eigenvalue weighted by atomic mass is 35.5. The van der Waals surface area contributed by atoms with Gasteiger partial charge in [0.1, 0.15) is 5.78 Å². The van der Waals surface area contributed by atoms with Crippen molar-refractivity contribution in [3.8, 4) is 0 Å². The van der Waals surface area contributed by atoms with Crippen LogP contribution in [-0.4, -0.2) is 15.6 Å². The lowest BCUT2D eigenvalue weighted by molar-refractivity contribution is -0.121. The summed E-state index contributed by atoms with van der Waals surface area (Å²) in [5, 5.41) is 4.74. The van der Waals surface area contributed by atoms with Crippen LogP contribution in [0, 0.1) is 0 Å². The summed E-state index contributed by atoms with van der Waals surface area (Å²) in [5.74, 6) is 0.336. The lowest BCUT2D eigenvalue weighted by atomic mass is 9.94. The van der Waals surface area contributed by atoms with Crippen LogP contribution in [0.2, 0.25) is 5.02 Å². The first-order valence-corrected chi connectivity index (χ1v) is 4.85. The van der Waals surface area contributed by atoms with Gasteiger partial charge in [0.2, 0.25) is 0 Å². The van der Waals surface area contributed by atoms with Gasteiger partial charge in [0.15, 0.2) is 0 Å². The number of Topliss-reactive ketones (excluding diaryl/α,β-unsaturated/α-hetero) is 1. The smallest absolute Gasteiger partial charge is 0.135 e. The number of carbonyl (C=O) groups is 1. The van der Waals surface area contributed by atoms with Crippen LogP contribution in [0.4, 0.5) is 0 Å². The van der Waals surface area contributed by atoms with E-state index in [1.54, 1.807) is 17.1 Å². The first-order chi connectivity index (χ1) is 6.25. The molecule has 2 rings (SSSR count). The standard InChI is InChI=1S/C9H11ClN2O/c10-7-5-11-12(6-7)8-2-1-3-9(13)4-8/h5-6,8H,1-4H2/t8-/m1/s1. The Labute approximate surface area is 81.7 Å². The number of carbonyl (C=O) groups excluding carboxylic acids is 1. The number of halogens is 1. The van der Waals surface area contributed by atoms with Gasteiger partial charge in [-0.1, -0.05) is 11.6 Å². The van der Waals surface area contributed by atoms with Crippen molar-refractivity contribution in [2.75, 3.05) is 0 Å². The zero-order chi connectivity index (χ0) is 9.26. The molecule has 0 bridgehead atoms. The molecule has 3 nitrogen and oxygen atoms in total. The summed E-state index contributed by atoms with van der Waals surface area (Å²) in [6.45, 7) is 0. The fourth-order valence-corrected chi connectivity index (χ4v) is 1.89. The second-order valence-electron chi connectivity index (χ2n) is 3.43. The molecule has 0 unspecified atom stereocenters. The number of rotatable bonds is 1. The van der Waals surface area contributed by atoms with Gasteiger partial charge in [0.25, 0.3) is 0 Å². The highest BCUT2D eigenvalue weighted by molar-refractivity contribution is 6.30. The van der Waals surface area contributed by atoms with E-state index in [2.05, 4.69) is 5.10 Å². The summed E-state index contributed by atoms with van der Waals surface area (Å²) >= 11 is 5.75. The van der Waals surface area contributed by atoms with Gasteiger partial charge in [-0.05, 0) is 12.8 Å². The molecule has 0 amide bonds. The molecule has 0 N–H and O–H groups in total. The highest BCUT2D eigenvalue weighted by Gasteiger charge is 2.21. The van der Waals surface area contributed by atoms with E-state index < -0.39 is 0 Å². The van der Waals surface area contributed by atoms with Gasteiger partial charge in [-0.2, -0.15) is 5.10 Å². The molecule has 4 heteroatoms. The minimum Gasteiger partial charge on any atom is -0.300 e. The number of hydrogen-bond donors (Lipinski definition) is 0. The number of ketones is 1. The number of aromatic nitrogens is 2. The van der Waals surface area contributed by atoms with Crippen molar-refractivity contribution < 1.29 is 4.79 Å². The van der Waals surface area contributed by atoms with Gasteiger partial charge in [0, 0.05) is 19.0 Å². The van der Waals surface area contributed by atoms with Gasteiger partial charge in [-0.3, -0.25) is 9.48 Å². The van der Waals surface area contributed by atoms with Gasteiger partial charge in [-0.15, -0.1) is 0 Å². The van der Waals surface area contributed by atoms with Crippen molar-refractivity contribution in [3.63, 3.8) is 0 Å². The maximum Gasteiger partial charge on any atom is 0.135 e. The summed E-state index contributed by atoms with van der Waals surface area (Å²) in [6.07, 6.45) is 6.74. The lowest BCUT2D eigenvalue weighted by Crippen LogP contribution is -2.19. The van der Waals surface area contributed by atoms with Crippen molar-refractivity contribution in [1.29, 1.82) is 0 Å². The molecule has 1 aromatic rings. The van der Waals surface area contributed by atoms with Crippen LogP contribution >= 0.6 is 11.6 Å². The average molecular weight is 199 g/mol. The van der Waals surface area contributed by atoms with Crippen molar-refractivity contribution >= 4 is 17.4 Å². The van der Waals surface area contributed by atoms with Crippen molar-refractivity contribution in [2.24, 2.45) is 0 Å². The SMILES string of the molecule is O=C1CCC[C@@H](n2cc(Cl)cn2)C1. The van der Waals surface area contributed by atoms with Crippen LogP contribution in [0.3, 0.4) is 0 Å². The van der Waals surface area contributed by atoms with Gasteiger partial charge >= 0.3 is 0 Å². The molecule has 1 atom stereocenters. The predicted octanol–water partition coefficient (Wildman–Crippen LogP) is 2.22. The molecule has 70 valence electrons. The minimum atomic E-state index is 0.230. The summed E-state index contributed by atoms with van der Waals surface area (Å²) in [5.41, 5.74) is 0. The van der Waals surface area contributed by atoms with E-state index in [0.29, 0.717) is 17.2 Å². The summed E-state index contributed by atoms with van der Waals surface area (Å²) in [7, 11) is 0. The number of hydrogen-bond acceptors (Lipinski definition) is 2. The third kappa shape index (κ3) is 1.91. The molecular weight excluding hydrogens is 188 g/mol. The van der Waals surface area contributed by atoms with Crippen LogP contribution in [0.15, 0.2) is 12.4 Å². The van der Waals surface area contributed by atoms with Crippen molar-refractivity contribution in [2.45, 2.75) is 31.7 Å². The Bertz CT molecular complexity index is 321. The third-order valence-electron chi connectivity index (χ3n) is 2.40. The first kappa shape index (κ1) is 8.75. The fourth-order valence-electron chi connectivity index (χ4n) is 1.74. The van der Waals surface area contributed by atoms with E-state index in [9.17, 15) is 4.79 Å². The van der Waals surface area contributed by atoms with Crippen LogP contribution in [0.25, 0.3) is 0 Å². The lowest BCUT2D eigenvalue weighted by Gasteiger charge is -2.20. The van der Waals surface area contributed by atoms with Gasteiger partial charge in [-0.25, -0.2) is 0 Å². The molecule has 13 heavy (non-hydrogen) atoms. The molecule has 1 saturated carbocycles. The molecule has 0 saturated heterocycles. The summed E-state index contributed by atoms with van der Waals surface area (Å²) < 4.78 is 1.80. The monoisotopic (exact) mass is 198 g/mol. The van der Waals surface area contributed by atoms with Crippen molar-refractivity contribution in [1.82, 2.24) is 9.78 Å². The fraction of sp³-hybridized carbons (Fsp3) is 0.556. The van der Waals surface area contributed by atoms with Crippen molar-refractivity contribution in [3.05, 3.63) is 17.4 Å². The maximum atomic E-state index is 11.2. The van der Waals surface area contributed by atoms with Crippen LogP contribution in [-0.2, 0) is 4.79 Å². The Kier molecular flexibility index (Phi) is 2.36. The Morgan fingerprint density at radius 3 is 3.08 bits per heavy atom. The molecular formula is C9H11ClN2O. The minimum absolute atomic E-state index is 0.230. The van der Waals surface area contributed by atoms with Crippen LogP contribution < -0.4 is 0 Å². The molecule has 1 fully saturated rings. The Morgan fingerprint density at radius 1 is 1.62 bits per heavy atom. The Morgan fingerprint density at radius 2 is 2.46 bits per heavy atom. The zero-order valence-corrected chi connectivity index (χ0v) is 8.00. The third-order valence-corrected chi connectivity index (χ3v) is 2.60. The molecule has 0 spiro atoms. The Hall–Kier alpha value is -0.830. The summed E-state index contributed by atoms with van der Waals surface area (Å²) in [6, 6.07) is 0.230. The second-order valence-corrected chi connectivity index (χ2v) is 3.86. The molecule has 1 aromatic heterocycles. The van der Waals surface area contributed by atoms with E-state index in [0.717, 1.165) is 19.3 Å². The molecule has 1 heterocycles. The predicted molar refractivity (Wildman–Crippen MR) is 49.7 cm³/mol. The Balaban J connectivity index is 2.12. The maximum absolute atomic E-state index is 11.2. The van der Waals surface area contributed by atoms with E-state index in [1.165, 1.54) is 0 Å². The molecule has 1 aliphatic rings. The highest BCUT2D eigenvalue weighted by Crippen LogP contribution is 2.25. The number of nitrogens with zero attached hydrogens (tertiary/aromatic N) is 2. The normalized spacial score (nSPS) is 23.5. The van der Waals surface area contributed by atoms with Crippen LogP contribution in [0.5, 0.6) is 0 Å². The topological polar surface area (TPSA) is 34.9 Å². The van der Waals surface area contributed by atoms with E-state index in [4.69, 9.17) is 11.6 Å². The zero-order valence-electron chi connectivity index (χ0n) is 7.24. The van der Waals surface area contributed by atoms with E-state index in [1.807, 2.05) is 0 Å². The first-order valence-electron chi connectivity index (χ1n) is 4.47. The molecule has 0 radical (unpaired) electrons. The summed E-state index contributed by atoms with van der Waals surface area (Å²) in [4.78, 5) is 11.2.